The molecule has 1 aliphatic rings. The average Bonchev–Trinajstić information content (AvgIpc) is 2.75. The van der Waals surface area contributed by atoms with Crippen LogP contribution < -0.4 is 4.74 Å². The second-order valence-electron chi connectivity index (χ2n) is 4.59. The SMILES string of the molecule is CCOC(=O)CN1C(=O)S/C(=C/c2cc(Cl)c(OC)c(Br)c2)C1=O. The van der Waals surface area contributed by atoms with Crippen molar-refractivity contribution in [3.63, 3.8) is 0 Å². The van der Waals surface area contributed by atoms with E-state index in [1.807, 2.05) is 0 Å². The van der Waals surface area contributed by atoms with Gasteiger partial charge in [-0.2, -0.15) is 0 Å². The fraction of sp³-hybridized carbons (Fsp3) is 0.267. The van der Waals surface area contributed by atoms with Crippen molar-refractivity contribution in [1.82, 2.24) is 4.90 Å². The van der Waals surface area contributed by atoms with Crippen molar-refractivity contribution >= 4 is 62.5 Å². The number of halogens is 2. The van der Waals surface area contributed by atoms with Gasteiger partial charge in [0.15, 0.2) is 5.75 Å². The predicted molar refractivity (Wildman–Crippen MR) is 95.0 cm³/mol. The smallest absolute Gasteiger partial charge is 0.326 e. The Morgan fingerprint density at radius 3 is 2.71 bits per heavy atom. The van der Waals surface area contributed by atoms with Gasteiger partial charge in [-0.15, -0.1) is 0 Å². The molecular formula is C15H13BrClNO5S. The first-order valence-electron chi connectivity index (χ1n) is 6.81. The minimum absolute atomic E-state index is 0.184. The van der Waals surface area contributed by atoms with Crippen LogP contribution in [0.2, 0.25) is 5.02 Å². The topological polar surface area (TPSA) is 72.9 Å². The Hall–Kier alpha value is -1.51. The predicted octanol–water partition coefficient (Wildman–Crippen LogP) is 3.71. The van der Waals surface area contributed by atoms with Crippen LogP contribution in [0.5, 0.6) is 5.75 Å². The van der Waals surface area contributed by atoms with Gasteiger partial charge in [-0.3, -0.25) is 19.3 Å². The van der Waals surface area contributed by atoms with Crippen LogP contribution in [0, 0.1) is 0 Å². The van der Waals surface area contributed by atoms with Crippen molar-refractivity contribution in [2.45, 2.75) is 6.92 Å². The molecule has 0 N–H and O–H groups in total. The van der Waals surface area contributed by atoms with Crippen molar-refractivity contribution < 1.29 is 23.9 Å². The number of hydrogen-bond donors (Lipinski definition) is 0. The molecule has 2 rings (SSSR count). The van der Waals surface area contributed by atoms with Gasteiger partial charge in [0.1, 0.15) is 6.54 Å². The van der Waals surface area contributed by atoms with Gasteiger partial charge in [0.25, 0.3) is 11.1 Å². The molecule has 1 aromatic carbocycles. The van der Waals surface area contributed by atoms with Crippen molar-refractivity contribution in [3.05, 3.63) is 32.1 Å². The third-order valence-corrected chi connectivity index (χ3v) is 4.77. The maximum Gasteiger partial charge on any atom is 0.326 e. The lowest BCUT2D eigenvalue weighted by molar-refractivity contribution is -0.145. The number of imide groups is 1. The number of carbonyl (C=O) groups excluding carboxylic acids is 3. The molecule has 0 spiro atoms. The number of nitrogens with zero attached hydrogens (tertiary/aromatic N) is 1. The van der Waals surface area contributed by atoms with E-state index in [0.717, 1.165) is 16.7 Å². The number of thioether (sulfide) groups is 1. The molecule has 0 aromatic heterocycles. The van der Waals surface area contributed by atoms with Crippen LogP contribution in [0.4, 0.5) is 4.79 Å². The van der Waals surface area contributed by atoms with Crippen LogP contribution in [0.3, 0.4) is 0 Å². The Bertz CT molecular complexity index is 714. The van der Waals surface area contributed by atoms with Gasteiger partial charge in [-0.05, 0) is 58.4 Å². The maximum absolute atomic E-state index is 12.3. The Balaban J connectivity index is 2.24. The van der Waals surface area contributed by atoms with E-state index in [1.165, 1.54) is 13.2 Å². The Morgan fingerprint density at radius 1 is 1.42 bits per heavy atom. The first kappa shape index (κ1) is 18.8. The largest absolute Gasteiger partial charge is 0.494 e. The summed E-state index contributed by atoms with van der Waals surface area (Å²) < 4.78 is 10.5. The van der Waals surface area contributed by atoms with E-state index in [1.54, 1.807) is 19.1 Å². The first-order chi connectivity index (χ1) is 11.4. The number of esters is 1. The van der Waals surface area contributed by atoms with Gasteiger partial charge in [0, 0.05) is 0 Å². The molecule has 1 fully saturated rings. The molecule has 0 unspecified atom stereocenters. The van der Waals surface area contributed by atoms with E-state index in [9.17, 15) is 14.4 Å². The number of amides is 2. The number of carbonyl (C=O) groups is 3. The molecule has 1 saturated heterocycles. The molecule has 0 atom stereocenters. The number of methoxy groups -OCH3 is 1. The van der Waals surface area contributed by atoms with E-state index in [4.69, 9.17) is 21.1 Å². The second kappa shape index (κ2) is 8.04. The van der Waals surface area contributed by atoms with Gasteiger partial charge < -0.3 is 9.47 Å². The highest BCUT2D eigenvalue weighted by molar-refractivity contribution is 9.10. The van der Waals surface area contributed by atoms with Gasteiger partial charge in [-0.25, -0.2) is 0 Å². The molecule has 2 amide bonds. The Morgan fingerprint density at radius 2 is 2.12 bits per heavy atom. The van der Waals surface area contributed by atoms with Gasteiger partial charge in [-0.1, -0.05) is 11.6 Å². The molecule has 0 radical (unpaired) electrons. The maximum atomic E-state index is 12.3. The molecule has 1 aliphatic heterocycles. The van der Waals surface area contributed by atoms with Gasteiger partial charge in [0.05, 0.1) is 28.1 Å². The summed E-state index contributed by atoms with van der Waals surface area (Å²) in [4.78, 5) is 36.8. The second-order valence-corrected chi connectivity index (χ2v) is 6.85. The Kier molecular flexibility index (Phi) is 6.31. The standard InChI is InChI=1S/C15H13BrClNO5S/c1-3-23-12(19)7-18-14(20)11(24-15(18)21)6-8-4-9(16)13(22-2)10(17)5-8/h4-6H,3,7H2,1-2H3/b11-6+. The third kappa shape index (κ3) is 4.12. The summed E-state index contributed by atoms with van der Waals surface area (Å²) in [6, 6.07) is 3.33. The van der Waals surface area contributed by atoms with E-state index in [-0.39, 0.29) is 11.5 Å². The first-order valence-corrected chi connectivity index (χ1v) is 8.80. The lowest BCUT2D eigenvalue weighted by Gasteiger charge is -2.10. The number of hydrogen-bond acceptors (Lipinski definition) is 6. The Labute approximate surface area is 156 Å². The van der Waals surface area contributed by atoms with Crippen LogP contribution in [-0.4, -0.2) is 42.3 Å². The zero-order valence-electron chi connectivity index (χ0n) is 12.8. The molecule has 0 saturated carbocycles. The monoisotopic (exact) mass is 433 g/mol. The van der Waals surface area contributed by atoms with Gasteiger partial charge in [0.2, 0.25) is 0 Å². The lowest BCUT2D eigenvalue weighted by Crippen LogP contribution is -2.34. The summed E-state index contributed by atoms with van der Waals surface area (Å²) in [5.41, 5.74) is 0.620. The van der Waals surface area contributed by atoms with E-state index in [0.29, 0.717) is 20.8 Å². The summed E-state index contributed by atoms with van der Waals surface area (Å²) in [6.07, 6.45) is 1.53. The molecule has 24 heavy (non-hydrogen) atoms. The van der Waals surface area contributed by atoms with Crippen LogP contribution in [0.1, 0.15) is 12.5 Å². The van der Waals surface area contributed by atoms with Crippen molar-refractivity contribution in [2.75, 3.05) is 20.3 Å². The molecule has 128 valence electrons. The lowest BCUT2D eigenvalue weighted by atomic mass is 10.2. The fourth-order valence-corrected chi connectivity index (χ4v) is 3.88. The van der Waals surface area contributed by atoms with Crippen LogP contribution in [-0.2, 0) is 14.3 Å². The number of benzene rings is 1. The molecular weight excluding hydrogens is 422 g/mol. The zero-order chi connectivity index (χ0) is 17.9. The number of ether oxygens (including phenoxy) is 2. The summed E-state index contributed by atoms with van der Waals surface area (Å²) in [7, 11) is 1.49. The van der Waals surface area contributed by atoms with Crippen molar-refractivity contribution in [2.24, 2.45) is 0 Å². The molecule has 1 heterocycles. The average molecular weight is 435 g/mol. The van der Waals surface area contributed by atoms with E-state index < -0.39 is 23.7 Å². The minimum atomic E-state index is -0.628. The molecule has 0 bridgehead atoms. The quantitative estimate of drug-likeness (QED) is 0.519. The highest BCUT2D eigenvalue weighted by Gasteiger charge is 2.36. The molecule has 9 heteroatoms. The highest BCUT2D eigenvalue weighted by atomic mass is 79.9. The van der Waals surface area contributed by atoms with E-state index in [2.05, 4.69) is 15.9 Å². The fourth-order valence-electron chi connectivity index (χ4n) is 1.98. The number of rotatable bonds is 5. The summed E-state index contributed by atoms with van der Waals surface area (Å²) in [5.74, 6) is -0.693. The molecule has 1 aromatic rings. The minimum Gasteiger partial charge on any atom is -0.494 e. The van der Waals surface area contributed by atoms with Crippen molar-refractivity contribution in [1.29, 1.82) is 0 Å². The summed E-state index contributed by atoms with van der Waals surface area (Å²) in [5, 5.41) is -0.151. The van der Waals surface area contributed by atoms with Crippen LogP contribution in [0.15, 0.2) is 21.5 Å². The van der Waals surface area contributed by atoms with Crippen molar-refractivity contribution in [3.8, 4) is 5.75 Å². The van der Waals surface area contributed by atoms with Gasteiger partial charge >= 0.3 is 5.97 Å². The van der Waals surface area contributed by atoms with Crippen LogP contribution >= 0.6 is 39.3 Å². The van der Waals surface area contributed by atoms with E-state index >= 15 is 0 Å². The highest BCUT2D eigenvalue weighted by Crippen LogP contribution is 2.37. The molecule has 0 aliphatic carbocycles. The van der Waals surface area contributed by atoms with Crippen LogP contribution in [0.25, 0.3) is 6.08 Å². The summed E-state index contributed by atoms with van der Waals surface area (Å²) >= 11 is 10.2. The zero-order valence-corrected chi connectivity index (χ0v) is 16.0. The third-order valence-electron chi connectivity index (χ3n) is 2.99. The summed E-state index contributed by atoms with van der Waals surface area (Å²) in [6.45, 7) is 1.43. The molecule has 6 nitrogen and oxygen atoms in total. The normalized spacial score (nSPS) is 16.0.